The molecule has 1 aliphatic heterocycles. The lowest BCUT2D eigenvalue weighted by Crippen LogP contribution is -2.33. The summed E-state index contributed by atoms with van der Waals surface area (Å²) in [4.78, 5) is 14.3. The molecule has 0 radical (unpaired) electrons. The van der Waals surface area contributed by atoms with Gasteiger partial charge in [0.2, 0.25) is 5.76 Å². The Kier molecular flexibility index (Phi) is 4.53. The van der Waals surface area contributed by atoms with Crippen LogP contribution in [-0.2, 0) is 13.0 Å². The number of carbonyl (C=O) groups excluding carboxylic acids is 1. The van der Waals surface area contributed by atoms with Gasteiger partial charge in [-0.2, -0.15) is 0 Å². The molecule has 22 heavy (non-hydrogen) atoms. The number of hydrogen-bond acceptors (Lipinski definition) is 4. The third kappa shape index (κ3) is 3.54. The second-order valence-electron chi connectivity index (χ2n) is 5.74. The number of amides is 1. The van der Waals surface area contributed by atoms with Crippen molar-refractivity contribution < 1.29 is 9.32 Å². The molecule has 1 N–H and O–H groups in total. The first-order valence-corrected chi connectivity index (χ1v) is 7.73. The second kappa shape index (κ2) is 6.75. The molecule has 1 amide bonds. The van der Waals surface area contributed by atoms with Gasteiger partial charge in [0.15, 0.2) is 0 Å². The fourth-order valence-corrected chi connectivity index (χ4v) is 2.81. The third-order valence-electron chi connectivity index (χ3n) is 4.00. The first kappa shape index (κ1) is 14.8. The Hall–Kier alpha value is -2.14. The minimum absolute atomic E-state index is 0.190. The molecule has 1 aromatic heterocycles. The van der Waals surface area contributed by atoms with Crippen LogP contribution in [0.1, 0.15) is 33.8 Å². The molecule has 5 nitrogen and oxygen atoms in total. The van der Waals surface area contributed by atoms with Crippen LogP contribution in [0.15, 0.2) is 34.9 Å². The largest absolute Gasteiger partial charge is 0.351 e. The van der Waals surface area contributed by atoms with Gasteiger partial charge in [0.1, 0.15) is 0 Å². The molecule has 5 heteroatoms. The number of nitrogens with one attached hydrogen (secondary N) is 1. The van der Waals surface area contributed by atoms with Crippen molar-refractivity contribution in [2.75, 3.05) is 19.6 Å². The summed E-state index contributed by atoms with van der Waals surface area (Å²) in [6.07, 6.45) is 2.04. The van der Waals surface area contributed by atoms with Crippen molar-refractivity contribution in [3.63, 3.8) is 0 Å². The highest BCUT2D eigenvalue weighted by atomic mass is 16.5. The quantitative estimate of drug-likeness (QED) is 0.860. The van der Waals surface area contributed by atoms with E-state index < -0.39 is 0 Å². The van der Waals surface area contributed by atoms with Crippen LogP contribution >= 0.6 is 0 Å². The molecular weight excluding hydrogens is 278 g/mol. The van der Waals surface area contributed by atoms with Gasteiger partial charge in [0.05, 0.1) is 5.69 Å². The highest BCUT2D eigenvalue weighted by Crippen LogP contribution is 2.18. The van der Waals surface area contributed by atoms with Gasteiger partial charge in [0.25, 0.3) is 5.91 Å². The fraction of sp³-hybridized carbons (Fsp3) is 0.412. The summed E-state index contributed by atoms with van der Waals surface area (Å²) in [6.45, 7) is 5.53. The summed E-state index contributed by atoms with van der Waals surface area (Å²) in [7, 11) is 0. The van der Waals surface area contributed by atoms with Crippen molar-refractivity contribution in [2.45, 2.75) is 26.3 Å². The molecule has 0 fully saturated rings. The minimum atomic E-state index is -0.190. The molecule has 0 aliphatic carbocycles. The van der Waals surface area contributed by atoms with Gasteiger partial charge in [-0.1, -0.05) is 29.4 Å². The Morgan fingerprint density at radius 2 is 2.18 bits per heavy atom. The van der Waals surface area contributed by atoms with E-state index in [-0.39, 0.29) is 11.7 Å². The van der Waals surface area contributed by atoms with Crippen molar-refractivity contribution >= 4 is 5.91 Å². The Morgan fingerprint density at radius 1 is 1.36 bits per heavy atom. The van der Waals surface area contributed by atoms with Gasteiger partial charge < -0.3 is 9.84 Å². The first-order valence-electron chi connectivity index (χ1n) is 7.73. The van der Waals surface area contributed by atoms with Crippen LogP contribution in [0.5, 0.6) is 0 Å². The summed E-state index contributed by atoms with van der Waals surface area (Å²) in [6, 6.07) is 10.3. The average Bonchev–Trinajstić information content (AvgIpc) is 2.98. The molecule has 0 atom stereocenters. The normalized spacial score (nSPS) is 14.6. The molecule has 0 saturated carbocycles. The maximum absolute atomic E-state index is 11.8. The molecule has 116 valence electrons. The standard InChI is InChI=1S/C17H21N3O2/c1-13-11-16(22-19-13)17(21)18-8-4-9-20-10-7-14-5-2-3-6-15(14)12-20/h2-3,5-6,11H,4,7-10,12H2,1H3,(H,18,21). The molecule has 0 saturated heterocycles. The SMILES string of the molecule is Cc1cc(C(=O)NCCCN2CCc3ccccc3C2)on1. The second-order valence-corrected chi connectivity index (χ2v) is 5.74. The molecule has 0 unspecified atom stereocenters. The lowest BCUT2D eigenvalue weighted by molar-refractivity contribution is 0.0914. The number of nitrogens with zero attached hydrogens (tertiary/aromatic N) is 2. The zero-order valence-electron chi connectivity index (χ0n) is 12.8. The van der Waals surface area contributed by atoms with Gasteiger partial charge in [-0.3, -0.25) is 9.69 Å². The fourth-order valence-electron chi connectivity index (χ4n) is 2.81. The number of fused-ring (bicyclic) bond motifs is 1. The van der Waals surface area contributed by atoms with E-state index in [4.69, 9.17) is 4.52 Å². The summed E-state index contributed by atoms with van der Waals surface area (Å²) in [5, 5.41) is 6.59. The molecule has 3 rings (SSSR count). The molecular formula is C17H21N3O2. The summed E-state index contributed by atoms with van der Waals surface area (Å²) < 4.78 is 4.94. The number of aryl methyl sites for hydroxylation is 1. The smallest absolute Gasteiger partial charge is 0.289 e. The van der Waals surface area contributed by atoms with Crippen LogP contribution < -0.4 is 5.32 Å². The number of rotatable bonds is 5. The highest BCUT2D eigenvalue weighted by Gasteiger charge is 2.15. The Labute approximate surface area is 130 Å². The van der Waals surface area contributed by atoms with Gasteiger partial charge in [-0.15, -0.1) is 0 Å². The predicted octanol–water partition coefficient (Wildman–Crippen LogP) is 2.16. The van der Waals surface area contributed by atoms with Gasteiger partial charge in [-0.05, 0) is 30.9 Å². The Balaban J connectivity index is 1.40. The summed E-state index contributed by atoms with van der Waals surface area (Å²) >= 11 is 0. The van der Waals surface area contributed by atoms with Crippen molar-refractivity contribution in [1.29, 1.82) is 0 Å². The predicted molar refractivity (Wildman–Crippen MR) is 83.6 cm³/mol. The lowest BCUT2D eigenvalue weighted by Gasteiger charge is -2.28. The van der Waals surface area contributed by atoms with E-state index in [9.17, 15) is 4.79 Å². The van der Waals surface area contributed by atoms with Crippen LogP contribution in [0.2, 0.25) is 0 Å². The van der Waals surface area contributed by atoms with Crippen molar-refractivity contribution in [3.8, 4) is 0 Å². The van der Waals surface area contributed by atoms with Crippen molar-refractivity contribution in [1.82, 2.24) is 15.4 Å². The Bertz CT molecular complexity index is 651. The number of benzene rings is 1. The van der Waals surface area contributed by atoms with Crippen molar-refractivity contribution in [2.24, 2.45) is 0 Å². The van der Waals surface area contributed by atoms with E-state index in [0.29, 0.717) is 6.54 Å². The van der Waals surface area contributed by atoms with E-state index >= 15 is 0 Å². The monoisotopic (exact) mass is 299 g/mol. The van der Waals surface area contributed by atoms with Crippen LogP contribution in [0, 0.1) is 6.92 Å². The van der Waals surface area contributed by atoms with E-state index in [0.717, 1.165) is 38.2 Å². The number of aromatic nitrogens is 1. The van der Waals surface area contributed by atoms with E-state index in [1.165, 1.54) is 11.1 Å². The van der Waals surface area contributed by atoms with E-state index in [2.05, 4.69) is 39.6 Å². The topological polar surface area (TPSA) is 58.4 Å². The third-order valence-corrected chi connectivity index (χ3v) is 4.00. The van der Waals surface area contributed by atoms with Crippen LogP contribution in [0.4, 0.5) is 0 Å². The zero-order chi connectivity index (χ0) is 15.4. The van der Waals surface area contributed by atoms with Crippen LogP contribution in [0.3, 0.4) is 0 Å². The molecule has 0 bridgehead atoms. The average molecular weight is 299 g/mol. The maximum Gasteiger partial charge on any atom is 0.289 e. The summed E-state index contributed by atoms with van der Waals surface area (Å²) in [5.74, 6) is 0.0917. The molecule has 1 aliphatic rings. The van der Waals surface area contributed by atoms with Gasteiger partial charge >= 0.3 is 0 Å². The van der Waals surface area contributed by atoms with Gasteiger partial charge in [0, 0.05) is 32.2 Å². The highest BCUT2D eigenvalue weighted by molar-refractivity contribution is 5.91. The molecule has 0 spiro atoms. The van der Waals surface area contributed by atoms with E-state index in [1.807, 2.05) is 0 Å². The minimum Gasteiger partial charge on any atom is -0.351 e. The summed E-state index contributed by atoms with van der Waals surface area (Å²) in [5.41, 5.74) is 3.61. The zero-order valence-corrected chi connectivity index (χ0v) is 12.8. The first-order chi connectivity index (χ1) is 10.7. The Morgan fingerprint density at radius 3 is 2.95 bits per heavy atom. The molecule has 2 heterocycles. The number of carbonyl (C=O) groups is 1. The van der Waals surface area contributed by atoms with Crippen LogP contribution in [0.25, 0.3) is 0 Å². The van der Waals surface area contributed by atoms with Gasteiger partial charge in [-0.25, -0.2) is 0 Å². The van der Waals surface area contributed by atoms with E-state index in [1.54, 1.807) is 13.0 Å². The molecule has 1 aromatic carbocycles. The number of hydrogen-bond donors (Lipinski definition) is 1. The molecule has 2 aromatic rings. The van der Waals surface area contributed by atoms with Crippen LogP contribution in [-0.4, -0.2) is 35.6 Å². The lowest BCUT2D eigenvalue weighted by atomic mass is 10.00. The maximum atomic E-state index is 11.8. The van der Waals surface area contributed by atoms with Crippen molar-refractivity contribution in [3.05, 3.63) is 52.9 Å².